The Balaban J connectivity index is 1.97. The number of pyridine rings is 1. The van der Waals surface area contributed by atoms with Gasteiger partial charge in [-0.3, -0.25) is 0 Å². The Bertz CT molecular complexity index is 432. The van der Waals surface area contributed by atoms with Crippen molar-refractivity contribution in [2.24, 2.45) is 5.41 Å². The van der Waals surface area contributed by atoms with Gasteiger partial charge in [-0.1, -0.05) is 19.9 Å². The van der Waals surface area contributed by atoms with Crippen molar-refractivity contribution in [1.82, 2.24) is 10.3 Å². The van der Waals surface area contributed by atoms with Crippen molar-refractivity contribution >= 4 is 0 Å². The van der Waals surface area contributed by atoms with Gasteiger partial charge in [0.15, 0.2) is 0 Å². The van der Waals surface area contributed by atoms with Crippen LogP contribution in [0.2, 0.25) is 0 Å². The topological polar surface area (TPSA) is 54.4 Å². The average Bonchev–Trinajstić information content (AvgIpc) is 2.35. The fourth-order valence-corrected chi connectivity index (χ4v) is 2.37. The minimum atomic E-state index is -0.203. The van der Waals surface area contributed by atoms with Gasteiger partial charge in [-0.25, -0.2) is 4.98 Å². The highest BCUT2D eigenvalue weighted by atomic mass is 16.5. The maximum Gasteiger partial charge on any atom is 0.218 e. The molecule has 4 heteroatoms. The number of rotatable bonds is 5. The van der Waals surface area contributed by atoms with E-state index in [0.717, 1.165) is 18.5 Å². The molecule has 0 bridgehead atoms. The van der Waals surface area contributed by atoms with Gasteiger partial charge in [-0.05, 0) is 26.3 Å². The summed E-state index contributed by atoms with van der Waals surface area (Å²) in [6, 6.07) is 4.29. The molecule has 1 aliphatic rings. The number of aliphatic hydroxyl groups is 1. The van der Waals surface area contributed by atoms with Crippen LogP contribution in [-0.2, 0) is 6.54 Å². The van der Waals surface area contributed by atoms with Crippen molar-refractivity contribution in [2.45, 2.75) is 58.9 Å². The van der Waals surface area contributed by atoms with Gasteiger partial charge in [0.25, 0.3) is 0 Å². The largest absolute Gasteiger partial charge is 0.475 e. The number of aliphatic hydroxyl groups excluding tert-OH is 1. The van der Waals surface area contributed by atoms with Crippen molar-refractivity contribution < 1.29 is 9.84 Å². The number of hydrogen-bond acceptors (Lipinski definition) is 4. The maximum atomic E-state index is 9.74. The Morgan fingerprint density at radius 3 is 2.84 bits per heavy atom. The molecule has 0 spiro atoms. The second kappa shape index (κ2) is 5.47. The summed E-state index contributed by atoms with van der Waals surface area (Å²) in [6.45, 7) is 8.90. The van der Waals surface area contributed by atoms with E-state index in [-0.39, 0.29) is 17.6 Å². The predicted octanol–water partition coefficient (Wildman–Crippen LogP) is 2.12. The third-order valence-electron chi connectivity index (χ3n) is 3.95. The summed E-state index contributed by atoms with van der Waals surface area (Å²) in [4.78, 5) is 4.28. The molecular weight excluding hydrogens is 240 g/mol. The first-order chi connectivity index (χ1) is 8.91. The molecule has 1 heterocycles. The van der Waals surface area contributed by atoms with Crippen molar-refractivity contribution in [3.8, 4) is 5.88 Å². The van der Waals surface area contributed by atoms with Crippen LogP contribution in [0.3, 0.4) is 0 Å². The standard InChI is InChI=1S/C15H24N2O2/c1-10(2)19-14-11(6-5-7-16-14)9-17-12-8-13(18)15(12,3)4/h5-7,10,12-13,17-18H,8-9H2,1-4H3. The fraction of sp³-hybridized carbons (Fsp3) is 0.667. The summed E-state index contributed by atoms with van der Waals surface area (Å²) < 4.78 is 5.70. The highest BCUT2D eigenvalue weighted by Gasteiger charge is 2.46. The van der Waals surface area contributed by atoms with Gasteiger partial charge >= 0.3 is 0 Å². The van der Waals surface area contributed by atoms with Crippen LogP contribution in [0, 0.1) is 5.41 Å². The van der Waals surface area contributed by atoms with Crippen LogP contribution in [0.4, 0.5) is 0 Å². The van der Waals surface area contributed by atoms with Crippen LogP contribution in [-0.4, -0.2) is 28.3 Å². The van der Waals surface area contributed by atoms with E-state index >= 15 is 0 Å². The molecule has 1 saturated carbocycles. The van der Waals surface area contributed by atoms with E-state index in [1.165, 1.54) is 0 Å². The lowest BCUT2D eigenvalue weighted by molar-refractivity contribution is -0.0730. The highest BCUT2D eigenvalue weighted by Crippen LogP contribution is 2.40. The molecule has 0 aromatic carbocycles. The van der Waals surface area contributed by atoms with Gasteiger partial charge in [0.1, 0.15) is 0 Å². The van der Waals surface area contributed by atoms with Crippen molar-refractivity contribution in [2.75, 3.05) is 0 Å². The van der Waals surface area contributed by atoms with Gasteiger partial charge in [0, 0.05) is 29.8 Å². The molecule has 0 radical (unpaired) electrons. The monoisotopic (exact) mass is 264 g/mol. The number of nitrogens with zero attached hydrogens (tertiary/aromatic N) is 1. The molecule has 2 atom stereocenters. The van der Waals surface area contributed by atoms with Crippen LogP contribution in [0.5, 0.6) is 5.88 Å². The van der Waals surface area contributed by atoms with Crippen LogP contribution < -0.4 is 10.1 Å². The maximum absolute atomic E-state index is 9.74. The molecule has 1 aromatic heterocycles. The second-order valence-electron chi connectivity index (χ2n) is 6.14. The molecule has 19 heavy (non-hydrogen) atoms. The number of aromatic nitrogens is 1. The molecule has 2 unspecified atom stereocenters. The summed E-state index contributed by atoms with van der Waals surface area (Å²) in [5.74, 6) is 0.697. The first-order valence-electron chi connectivity index (χ1n) is 6.93. The molecule has 0 amide bonds. The Labute approximate surface area is 115 Å². The summed E-state index contributed by atoms with van der Waals surface area (Å²) in [6.07, 6.45) is 2.48. The number of ether oxygens (including phenoxy) is 1. The van der Waals surface area contributed by atoms with E-state index in [9.17, 15) is 5.11 Å². The van der Waals surface area contributed by atoms with E-state index in [1.54, 1.807) is 6.20 Å². The van der Waals surface area contributed by atoms with Gasteiger partial charge < -0.3 is 15.2 Å². The van der Waals surface area contributed by atoms with E-state index in [0.29, 0.717) is 11.9 Å². The van der Waals surface area contributed by atoms with Gasteiger partial charge in [-0.2, -0.15) is 0 Å². The third-order valence-corrected chi connectivity index (χ3v) is 3.95. The first-order valence-corrected chi connectivity index (χ1v) is 6.93. The highest BCUT2D eigenvalue weighted by molar-refractivity contribution is 5.25. The Kier molecular flexibility index (Phi) is 4.11. The zero-order chi connectivity index (χ0) is 14.0. The van der Waals surface area contributed by atoms with Crippen LogP contribution in [0.15, 0.2) is 18.3 Å². The molecule has 4 nitrogen and oxygen atoms in total. The van der Waals surface area contributed by atoms with Gasteiger partial charge in [0.2, 0.25) is 5.88 Å². The molecule has 2 N–H and O–H groups in total. The summed E-state index contributed by atoms with van der Waals surface area (Å²) in [5, 5.41) is 13.2. The van der Waals surface area contributed by atoms with Gasteiger partial charge in [0.05, 0.1) is 12.2 Å². The van der Waals surface area contributed by atoms with E-state index in [2.05, 4.69) is 24.1 Å². The Morgan fingerprint density at radius 1 is 1.53 bits per heavy atom. The summed E-state index contributed by atoms with van der Waals surface area (Å²) >= 11 is 0. The quantitative estimate of drug-likeness (QED) is 0.855. The van der Waals surface area contributed by atoms with E-state index < -0.39 is 0 Å². The Hall–Kier alpha value is -1.13. The SMILES string of the molecule is CC(C)Oc1ncccc1CNC1CC(O)C1(C)C. The molecule has 2 rings (SSSR count). The number of hydrogen-bond donors (Lipinski definition) is 2. The lowest BCUT2D eigenvalue weighted by atomic mass is 9.64. The molecule has 1 aliphatic carbocycles. The lowest BCUT2D eigenvalue weighted by Gasteiger charge is -2.49. The molecule has 106 valence electrons. The summed E-state index contributed by atoms with van der Waals surface area (Å²) in [7, 11) is 0. The predicted molar refractivity (Wildman–Crippen MR) is 75.0 cm³/mol. The molecule has 1 aromatic rings. The fourth-order valence-electron chi connectivity index (χ4n) is 2.37. The zero-order valence-corrected chi connectivity index (χ0v) is 12.2. The first kappa shape index (κ1) is 14.3. The van der Waals surface area contributed by atoms with Gasteiger partial charge in [-0.15, -0.1) is 0 Å². The normalized spacial score (nSPS) is 25.2. The van der Waals surface area contributed by atoms with E-state index in [4.69, 9.17) is 4.74 Å². The molecule has 0 aliphatic heterocycles. The van der Waals surface area contributed by atoms with Crippen molar-refractivity contribution in [3.63, 3.8) is 0 Å². The van der Waals surface area contributed by atoms with Crippen LogP contribution >= 0.6 is 0 Å². The van der Waals surface area contributed by atoms with Crippen molar-refractivity contribution in [3.05, 3.63) is 23.9 Å². The third kappa shape index (κ3) is 3.07. The second-order valence-corrected chi connectivity index (χ2v) is 6.14. The Morgan fingerprint density at radius 2 is 2.26 bits per heavy atom. The van der Waals surface area contributed by atoms with Crippen LogP contribution in [0.25, 0.3) is 0 Å². The molecule has 0 saturated heterocycles. The minimum absolute atomic E-state index is 0.0543. The lowest BCUT2D eigenvalue weighted by Crippen LogP contribution is -2.59. The average molecular weight is 264 g/mol. The zero-order valence-electron chi connectivity index (χ0n) is 12.2. The summed E-state index contributed by atoms with van der Waals surface area (Å²) in [5.41, 5.74) is 1.01. The van der Waals surface area contributed by atoms with E-state index in [1.807, 2.05) is 26.0 Å². The minimum Gasteiger partial charge on any atom is -0.475 e. The molecular formula is C15H24N2O2. The van der Waals surface area contributed by atoms with Crippen LogP contribution in [0.1, 0.15) is 39.7 Å². The van der Waals surface area contributed by atoms with Crippen molar-refractivity contribution in [1.29, 1.82) is 0 Å². The smallest absolute Gasteiger partial charge is 0.218 e. The number of nitrogens with one attached hydrogen (secondary N) is 1. The molecule has 1 fully saturated rings.